The highest BCUT2D eigenvalue weighted by molar-refractivity contribution is 6.36. The van der Waals surface area contributed by atoms with Crippen LogP contribution < -0.4 is 5.32 Å². The van der Waals surface area contributed by atoms with Gasteiger partial charge in [-0.05, 0) is 36.8 Å². The van der Waals surface area contributed by atoms with Crippen molar-refractivity contribution in [2.75, 3.05) is 19.6 Å². The topological polar surface area (TPSA) is 69.6 Å². The molecule has 0 saturated carbocycles. The Kier molecular flexibility index (Phi) is 4.37. The lowest BCUT2D eigenvalue weighted by Crippen LogP contribution is -2.62. The molecule has 2 aromatic carbocycles. The summed E-state index contributed by atoms with van der Waals surface area (Å²) < 4.78 is 0. The third-order valence-corrected chi connectivity index (χ3v) is 6.04. The van der Waals surface area contributed by atoms with Crippen molar-refractivity contribution in [3.05, 3.63) is 47.0 Å². The maximum absolute atomic E-state index is 13.2. The Bertz CT molecular complexity index is 884. The molecule has 26 heavy (non-hydrogen) atoms. The summed E-state index contributed by atoms with van der Waals surface area (Å²) in [6.45, 7) is 1.31. The van der Waals surface area contributed by atoms with Crippen LogP contribution in [0.2, 0.25) is 5.02 Å². The Labute approximate surface area is 156 Å². The first kappa shape index (κ1) is 17.3. The normalized spacial score (nSPS) is 26.2. The van der Waals surface area contributed by atoms with Gasteiger partial charge in [0.15, 0.2) is 0 Å². The van der Waals surface area contributed by atoms with Crippen LogP contribution in [0, 0.1) is 5.41 Å². The van der Waals surface area contributed by atoms with Crippen molar-refractivity contribution in [3.63, 3.8) is 0 Å². The summed E-state index contributed by atoms with van der Waals surface area (Å²) in [4.78, 5) is 27.5. The van der Waals surface area contributed by atoms with Crippen molar-refractivity contribution in [1.29, 1.82) is 0 Å². The molecule has 1 spiro atoms. The lowest BCUT2D eigenvalue weighted by molar-refractivity contribution is -0.147. The minimum absolute atomic E-state index is 0.123. The molecule has 2 heterocycles. The van der Waals surface area contributed by atoms with Gasteiger partial charge in [0.25, 0.3) is 5.91 Å². The first-order valence-electron chi connectivity index (χ1n) is 8.96. The maximum Gasteiger partial charge on any atom is 0.254 e. The van der Waals surface area contributed by atoms with Crippen molar-refractivity contribution in [3.8, 4) is 0 Å². The summed E-state index contributed by atoms with van der Waals surface area (Å²) in [5.74, 6) is -0.266. The second-order valence-electron chi connectivity index (χ2n) is 7.19. The first-order valence-corrected chi connectivity index (χ1v) is 9.34. The molecule has 2 fully saturated rings. The predicted octanol–water partition coefficient (Wildman–Crippen LogP) is 2.60. The van der Waals surface area contributed by atoms with E-state index < -0.39 is 11.5 Å². The fraction of sp³-hybridized carbons (Fsp3) is 0.400. The predicted molar refractivity (Wildman–Crippen MR) is 100 cm³/mol. The second kappa shape index (κ2) is 6.56. The Hall–Kier alpha value is -2.11. The summed E-state index contributed by atoms with van der Waals surface area (Å²) in [5.41, 5.74) is -0.318. The van der Waals surface area contributed by atoms with E-state index in [1.165, 1.54) is 0 Å². The van der Waals surface area contributed by atoms with Crippen LogP contribution in [-0.2, 0) is 4.79 Å². The molecule has 2 atom stereocenters. The number of halogens is 1. The van der Waals surface area contributed by atoms with Crippen LogP contribution in [0.25, 0.3) is 10.8 Å². The zero-order valence-corrected chi connectivity index (χ0v) is 15.1. The van der Waals surface area contributed by atoms with Gasteiger partial charge in [0.05, 0.1) is 11.5 Å². The van der Waals surface area contributed by atoms with Gasteiger partial charge in [0.2, 0.25) is 5.91 Å². The van der Waals surface area contributed by atoms with Gasteiger partial charge in [-0.2, -0.15) is 0 Å². The van der Waals surface area contributed by atoms with Gasteiger partial charge in [0, 0.05) is 35.6 Å². The number of nitrogens with one attached hydrogen (secondary N) is 1. The SMILES string of the molecule is O=C(c1cccc2c(Cl)cccc12)N1CC[C@H](O)[C@@]2(CCCNC2=O)C1. The van der Waals surface area contributed by atoms with Crippen LogP contribution in [-0.4, -0.2) is 47.6 Å². The number of piperidine rings is 2. The highest BCUT2D eigenvalue weighted by Crippen LogP contribution is 2.38. The number of aliphatic hydroxyl groups is 1. The highest BCUT2D eigenvalue weighted by atomic mass is 35.5. The smallest absolute Gasteiger partial charge is 0.254 e. The Balaban J connectivity index is 1.69. The van der Waals surface area contributed by atoms with Crippen molar-refractivity contribution in [2.24, 2.45) is 5.41 Å². The van der Waals surface area contributed by atoms with Crippen molar-refractivity contribution < 1.29 is 14.7 Å². The van der Waals surface area contributed by atoms with Gasteiger partial charge < -0.3 is 15.3 Å². The van der Waals surface area contributed by atoms with Crippen LogP contribution in [0.3, 0.4) is 0 Å². The minimum atomic E-state index is -0.894. The number of nitrogens with zero attached hydrogens (tertiary/aromatic N) is 1. The molecule has 6 heteroatoms. The van der Waals surface area contributed by atoms with Crippen molar-refractivity contribution in [2.45, 2.75) is 25.4 Å². The Morgan fingerprint density at radius 3 is 2.81 bits per heavy atom. The van der Waals surface area contributed by atoms with Crippen LogP contribution in [0.5, 0.6) is 0 Å². The number of aliphatic hydroxyl groups excluding tert-OH is 1. The molecule has 2 aliphatic heterocycles. The van der Waals surface area contributed by atoms with Gasteiger partial charge in [-0.3, -0.25) is 9.59 Å². The van der Waals surface area contributed by atoms with E-state index >= 15 is 0 Å². The number of amides is 2. The fourth-order valence-corrected chi connectivity index (χ4v) is 4.48. The molecule has 0 bridgehead atoms. The molecule has 2 aliphatic rings. The second-order valence-corrected chi connectivity index (χ2v) is 7.59. The third-order valence-electron chi connectivity index (χ3n) is 5.71. The molecule has 0 aromatic heterocycles. The van der Waals surface area contributed by atoms with Crippen molar-refractivity contribution >= 4 is 34.2 Å². The molecular formula is C20H21ClN2O3. The van der Waals surface area contributed by atoms with E-state index in [4.69, 9.17) is 11.6 Å². The zero-order valence-electron chi connectivity index (χ0n) is 14.4. The van der Waals surface area contributed by atoms with Gasteiger partial charge in [-0.1, -0.05) is 35.9 Å². The summed E-state index contributed by atoms with van der Waals surface area (Å²) in [6.07, 6.45) is 1.11. The molecule has 4 rings (SSSR count). The molecule has 2 saturated heterocycles. The number of rotatable bonds is 1. The Morgan fingerprint density at radius 1 is 1.23 bits per heavy atom. The quantitative estimate of drug-likeness (QED) is 0.808. The molecule has 0 unspecified atom stereocenters. The average molecular weight is 373 g/mol. The van der Waals surface area contributed by atoms with Crippen molar-refractivity contribution in [1.82, 2.24) is 10.2 Å². The molecule has 0 radical (unpaired) electrons. The van der Waals surface area contributed by atoms with E-state index in [1.807, 2.05) is 24.3 Å². The van der Waals surface area contributed by atoms with E-state index in [2.05, 4.69) is 5.32 Å². The molecule has 2 amide bonds. The van der Waals surface area contributed by atoms with Crippen LogP contribution >= 0.6 is 11.6 Å². The number of benzene rings is 2. The van der Waals surface area contributed by atoms with Gasteiger partial charge in [-0.25, -0.2) is 0 Å². The third kappa shape index (κ3) is 2.66. The Morgan fingerprint density at radius 2 is 2.00 bits per heavy atom. The monoisotopic (exact) mass is 372 g/mol. The first-order chi connectivity index (χ1) is 12.5. The highest BCUT2D eigenvalue weighted by Gasteiger charge is 2.50. The standard InChI is InChI=1S/C20H21ClN2O3/c21-16-7-2-4-13-14(16)5-1-6-15(13)18(25)23-11-8-17(24)20(12-23)9-3-10-22-19(20)26/h1-2,4-7,17,24H,3,8-12H2,(H,22,26)/t17-,20+/m0/s1. The molecule has 136 valence electrons. The fourth-order valence-electron chi connectivity index (χ4n) is 4.25. The van der Waals surface area contributed by atoms with Crippen LogP contribution in [0.4, 0.5) is 0 Å². The van der Waals surface area contributed by atoms with Crippen LogP contribution in [0.15, 0.2) is 36.4 Å². The molecule has 2 aromatic rings. The summed E-state index contributed by atoms with van der Waals surface area (Å²) in [5, 5.41) is 15.6. The largest absolute Gasteiger partial charge is 0.392 e. The van der Waals surface area contributed by atoms with Gasteiger partial charge >= 0.3 is 0 Å². The number of fused-ring (bicyclic) bond motifs is 1. The van der Waals surface area contributed by atoms with Gasteiger partial charge in [0.1, 0.15) is 0 Å². The van der Waals surface area contributed by atoms with E-state index in [0.717, 1.165) is 17.2 Å². The number of likely N-dealkylation sites (tertiary alicyclic amines) is 1. The number of hydrogen-bond acceptors (Lipinski definition) is 3. The van der Waals surface area contributed by atoms with E-state index in [1.54, 1.807) is 17.0 Å². The average Bonchev–Trinajstić information content (AvgIpc) is 2.65. The molecule has 0 aliphatic carbocycles. The molecule has 2 N–H and O–H groups in total. The number of carbonyl (C=O) groups is 2. The lowest BCUT2D eigenvalue weighted by Gasteiger charge is -2.46. The zero-order chi connectivity index (χ0) is 18.3. The minimum Gasteiger partial charge on any atom is -0.392 e. The summed E-state index contributed by atoms with van der Waals surface area (Å²) in [7, 11) is 0. The molecular weight excluding hydrogens is 352 g/mol. The lowest BCUT2D eigenvalue weighted by atomic mass is 9.71. The van der Waals surface area contributed by atoms with E-state index in [9.17, 15) is 14.7 Å². The molecule has 5 nitrogen and oxygen atoms in total. The number of carbonyl (C=O) groups excluding carboxylic acids is 2. The van der Waals surface area contributed by atoms with Crippen LogP contribution in [0.1, 0.15) is 29.6 Å². The number of hydrogen-bond donors (Lipinski definition) is 2. The van der Waals surface area contributed by atoms with E-state index in [0.29, 0.717) is 36.5 Å². The summed E-state index contributed by atoms with van der Waals surface area (Å²) in [6, 6.07) is 11.0. The maximum atomic E-state index is 13.2. The summed E-state index contributed by atoms with van der Waals surface area (Å²) >= 11 is 6.26. The van der Waals surface area contributed by atoms with Gasteiger partial charge in [-0.15, -0.1) is 0 Å². The van der Waals surface area contributed by atoms with E-state index in [-0.39, 0.29) is 18.4 Å².